The van der Waals surface area contributed by atoms with Crippen LogP contribution in [0.2, 0.25) is 5.02 Å². The monoisotopic (exact) mass is 224 g/mol. The van der Waals surface area contributed by atoms with Crippen molar-refractivity contribution in [3.05, 3.63) is 51.0 Å². The van der Waals surface area contributed by atoms with Gasteiger partial charge in [0.25, 0.3) is 0 Å². The lowest BCUT2D eigenvalue weighted by atomic mass is 10.1. The normalized spacial score (nSPS) is 10.5. The van der Waals surface area contributed by atoms with Gasteiger partial charge in [0.05, 0.1) is 5.69 Å². The van der Waals surface area contributed by atoms with Crippen LogP contribution in [0.15, 0.2) is 29.1 Å². The number of hydrogen-bond donors (Lipinski definition) is 3. The molecule has 78 valence electrons. The van der Waals surface area contributed by atoms with Gasteiger partial charge in [-0.2, -0.15) is 0 Å². The third-order valence-electron chi connectivity index (χ3n) is 2.08. The average molecular weight is 225 g/mol. The van der Waals surface area contributed by atoms with Crippen molar-refractivity contribution in [3.8, 4) is 5.88 Å². The zero-order valence-corrected chi connectivity index (χ0v) is 8.51. The molecular formula is C10H9ClN2O2. The molecule has 0 amide bonds. The Morgan fingerprint density at radius 3 is 2.40 bits per heavy atom. The number of halogens is 1. The van der Waals surface area contributed by atoms with Crippen LogP contribution in [-0.4, -0.2) is 15.1 Å². The van der Waals surface area contributed by atoms with Crippen molar-refractivity contribution in [2.45, 2.75) is 6.42 Å². The Labute approximate surface area is 90.5 Å². The maximum absolute atomic E-state index is 10.9. The second-order valence-electron chi connectivity index (χ2n) is 3.21. The Morgan fingerprint density at radius 2 is 1.87 bits per heavy atom. The van der Waals surface area contributed by atoms with Crippen molar-refractivity contribution in [3.63, 3.8) is 0 Å². The molecule has 0 atom stereocenters. The van der Waals surface area contributed by atoms with Crippen LogP contribution in [-0.2, 0) is 6.42 Å². The molecule has 1 aromatic heterocycles. The lowest BCUT2D eigenvalue weighted by molar-refractivity contribution is 0.450. The van der Waals surface area contributed by atoms with Crippen molar-refractivity contribution in [1.82, 2.24) is 9.97 Å². The van der Waals surface area contributed by atoms with Gasteiger partial charge in [0.2, 0.25) is 5.88 Å². The van der Waals surface area contributed by atoms with Crippen LogP contribution in [0, 0.1) is 0 Å². The summed E-state index contributed by atoms with van der Waals surface area (Å²) in [6.45, 7) is 0. The molecule has 0 saturated heterocycles. The van der Waals surface area contributed by atoms with Crippen LogP contribution in [0.25, 0.3) is 0 Å². The molecule has 1 heterocycles. The van der Waals surface area contributed by atoms with Crippen LogP contribution in [0.5, 0.6) is 5.88 Å². The number of H-pyrrole nitrogens is 2. The second-order valence-corrected chi connectivity index (χ2v) is 3.65. The summed E-state index contributed by atoms with van der Waals surface area (Å²) < 4.78 is 0. The van der Waals surface area contributed by atoms with Gasteiger partial charge in [0, 0.05) is 11.4 Å². The third-order valence-corrected chi connectivity index (χ3v) is 2.33. The molecule has 0 aliphatic rings. The molecule has 0 radical (unpaired) electrons. The molecule has 4 nitrogen and oxygen atoms in total. The minimum Gasteiger partial charge on any atom is -0.493 e. The first-order valence-electron chi connectivity index (χ1n) is 4.40. The number of benzene rings is 1. The molecule has 2 aromatic rings. The van der Waals surface area contributed by atoms with Crippen molar-refractivity contribution < 1.29 is 5.11 Å². The topological polar surface area (TPSA) is 68.9 Å². The Hall–Kier alpha value is -1.68. The highest BCUT2D eigenvalue weighted by atomic mass is 35.5. The van der Waals surface area contributed by atoms with Crippen molar-refractivity contribution in [1.29, 1.82) is 0 Å². The van der Waals surface area contributed by atoms with Gasteiger partial charge in [-0.15, -0.1) is 0 Å². The SMILES string of the molecule is O=c1[nH]c(O)c(Cc2ccc(Cl)cc2)[nH]1. The van der Waals surface area contributed by atoms with Gasteiger partial charge in [-0.05, 0) is 17.7 Å². The first-order chi connectivity index (χ1) is 7.15. The van der Waals surface area contributed by atoms with Crippen LogP contribution < -0.4 is 5.69 Å². The molecule has 2 rings (SSSR count). The smallest absolute Gasteiger partial charge is 0.325 e. The molecule has 0 unspecified atom stereocenters. The van der Waals surface area contributed by atoms with Gasteiger partial charge in [0.1, 0.15) is 0 Å². The number of aromatic hydroxyl groups is 1. The van der Waals surface area contributed by atoms with E-state index in [2.05, 4.69) is 9.97 Å². The van der Waals surface area contributed by atoms with E-state index in [4.69, 9.17) is 11.6 Å². The van der Waals surface area contributed by atoms with Gasteiger partial charge in [-0.25, -0.2) is 4.79 Å². The summed E-state index contributed by atoms with van der Waals surface area (Å²) in [5.74, 6) is -0.116. The predicted octanol–water partition coefficient (Wildman–Crippen LogP) is 1.65. The Morgan fingerprint density at radius 1 is 1.20 bits per heavy atom. The Bertz CT molecular complexity index is 513. The van der Waals surface area contributed by atoms with E-state index in [1.54, 1.807) is 12.1 Å². The van der Waals surface area contributed by atoms with Crippen LogP contribution in [0.4, 0.5) is 0 Å². The standard InChI is InChI=1S/C10H9ClN2O2/c11-7-3-1-6(2-4-7)5-8-9(14)13-10(15)12-8/h1-4,14H,5H2,(H2,12,13,15). The van der Waals surface area contributed by atoms with Gasteiger partial charge in [0.15, 0.2) is 0 Å². The fraction of sp³-hybridized carbons (Fsp3) is 0.100. The van der Waals surface area contributed by atoms with E-state index in [0.717, 1.165) is 5.56 Å². The summed E-state index contributed by atoms with van der Waals surface area (Å²) in [5.41, 5.74) is 1.03. The van der Waals surface area contributed by atoms with Gasteiger partial charge in [-0.3, -0.25) is 4.98 Å². The molecule has 0 fully saturated rings. The van der Waals surface area contributed by atoms with E-state index in [9.17, 15) is 9.90 Å². The number of aromatic amines is 2. The summed E-state index contributed by atoms with van der Waals surface area (Å²) in [7, 11) is 0. The van der Waals surface area contributed by atoms with Crippen molar-refractivity contribution in [2.24, 2.45) is 0 Å². The molecule has 0 aliphatic heterocycles. The molecule has 3 N–H and O–H groups in total. The summed E-state index contributed by atoms with van der Waals surface area (Å²) in [6.07, 6.45) is 0.460. The number of imidazole rings is 1. The van der Waals surface area contributed by atoms with E-state index >= 15 is 0 Å². The molecule has 5 heteroatoms. The molecular weight excluding hydrogens is 216 g/mol. The summed E-state index contributed by atoms with van der Waals surface area (Å²) >= 11 is 5.74. The highest BCUT2D eigenvalue weighted by Crippen LogP contribution is 2.15. The van der Waals surface area contributed by atoms with Crippen LogP contribution in [0.3, 0.4) is 0 Å². The van der Waals surface area contributed by atoms with Crippen LogP contribution >= 0.6 is 11.6 Å². The third kappa shape index (κ3) is 2.22. The number of nitrogens with one attached hydrogen (secondary N) is 2. The lowest BCUT2D eigenvalue weighted by Crippen LogP contribution is -2.01. The van der Waals surface area contributed by atoms with Crippen molar-refractivity contribution >= 4 is 11.6 Å². The Balaban J connectivity index is 2.25. The Kier molecular flexibility index (Phi) is 2.51. The van der Waals surface area contributed by atoms with Gasteiger partial charge < -0.3 is 10.1 Å². The zero-order valence-electron chi connectivity index (χ0n) is 7.75. The predicted molar refractivity (Wildman–Crippen MR) is 57.3 cm³/mol. The van der Waals surface area contributed by atoms with E-state index in [1.807, 2.05) is 12.1 Å². The lowest BCUT2D eigenvalue weighted by Gasteiger charge is -1.99. The number of hydrogen-bond acceptors (Lipinski definition) is 2. The quantitative estimate of drug-likeness (QED) is 0.726. The molecule has 1 aromatic carbocycles. The first kappa shape index (κ1) is 9.86. The van der Waals surface area contributed by atoms with E-state index in [1.165, 1.54) is 0 Å². The fourth-order valence-electron chi connectivity index (χ4n) is 1.34. The largest absolute Gasteiger partial charge is 0.493 e. The molecule has 15 heavy (non-hydrogen) atoms. The highest BCUT2D eigenvalue weighted by Gasteiger charge is 2.05. The average Bonchev–Trinajstić information content (AvgIpc) is 2.49. The van der Waals surface area contributed by atoms with Crippen molar-refractivity contribution in [2.75, 3.05) is 0 Å². The number of aromatic nitrogens is 2. The highest BCUT2D eigenvalue weighted by molar-refractivity contribution is 6.30. The van der Waals surface area contributed by atoms with Crippen LogP contribution in [0.1, 0.15) is 11.3 Å². The maximum atomic E-state index is 10.9. The summed E-state index contributed by atoms with van der Waals surface area (Å²) in [6, 6.07) is 7.21. The first-order valence-corrected chi connectivity index (χ1v) is 4.77. The van der Waals surface area contributed by atoms with Gasteiger partial charge in [-0.1, -0.05) is 23.7 Å². The van der Waals surface area contributed by atoms with E-state index in [-0.39, 0.29) is 5.88 Å². The second kappa shape index (κ2) is 3.82. The number of rotatable bonds is 2. The summed E-state index contributed by atoms with van der Waals surface area (Å²) in [4.78, 5) is 15.6. The van der Waals surface area contributed by atoms with Gasteiger partial charge >= 0.3 is 5.69 Å². The maximum Gasteiger partial charge on any atom is 0.325 e. The fourth-order valence-corrected chi connectivity index (χ4v) is 1.47. The minimum absolute atomic E-state index is 0.116. The minimum atomic E-state index is -0.406. The molecule has 0 bridgehead atoms. The molecule has 0 spiro atoms. The molecule has 0 saturated carbocycles. The molecule has 0 aliphatic carbocycles. The summed E-state index contributed by atoms with van der Waals surface area (Å²) in [5, 5.41) is 9.99. The van der Waals surface area contributed by atoms with E-state index < -0.39 is 5.69 Å². The van der Waals surface area contributed by atoms with E-state index in [0.29, 0.717) is 17.1 Å². The zero-order chi connectivity index (χ0) is 10.8.